The minimum atomic E-state index is -3.54. The van der Waals surface area contributed by atoms with E-state index >= 15 is 0 Å². The number of aryl methyl sites for hydroxylation is 2. The van der Waals surface area contributed by atoms with Crippen molar-refractivity contribution < 1.29 is 8.42 Å². The van der Waals surface area contributed by atoms with Crippen LogP contribution in [0.5, 0.6) is 0 Å². The number of sulfonamides is 1. The minimum absolute atomic E-state index is 0.306. The van der Waals surface area contributed by atoms with Crippen molar-refractivity contribution in [3.63, 3.8) is 0 Å². The van der Waals surface area contributed by atoms with Gasteiger partial charge in [-0.1, -0.05) is 33.6 Å². The zero-order chi connectivity index (χ0) is 14.0. The lowest BCUT2D eigenvalue weighted by Crippen LogP contribution is -2.14. The van der Waals surface area contributed by atoms with Crippen molar-refractivity contribution >= 4 is 31.6 Å². The van der Waals surface area contributed by atoms with Gasteiger partial charge in [0.1, 0.15) is 0 Å². The molecule has 0 unspecified atom stereocenters. The predicted octanol–water partition coefficient (Wildman–Crippen LogP) is 3.87. The molecule has 0 bridgehead atoms. The highest BCUT2D eigenvalue weighted by atomic mass is 79.9. The van der Waals surface area contributed by atoms with Crippen molar-refractivity contribution in [2.24, 2.45) is 0 Å². The van der Waals surface area contributed by atoms with E-state index in [2.05, 4.69) is 20.7 Å². The van der Waals surface area contributed by atoms with E-state index in [-0.39, 0.29) is 0 Å². The van der Waals surface area contributed by atoms with Gasteiger partial charge in [-0.05, 0) is 49.7 Å². The Morgan fingerprint density at radius 1 is 1.00 bits per heavy atom. The Labute approximate surface area is 121 Å². The van der Waals surface area contributed by atoms with Gasteiger partial charge in [0.2, 0.25) is 0 Å². The summed E-state index contributed by atoms with van der Waals surface area (Å²) in [4.78, 5) is 0.306. The van der Waals surface area contributed by atoms with Crippen LogP contribution in [0.1, 0.15) is 11.1 Å². The van der Waals surface area contributed by atoms with Crippen molar-refractivity contribution in [2.75, 3.05) is 4.72 Å². The molecular formula is C14H14BrNO2S. The molecule has 0 fully saturated rings. The lowest BCUT2D eigenvalue weighted by molar-refractivity contribution is 0.600. The van der Waals surface area contributed by atoms with Crippen LogP contribution in [0.15, 0.2) is 51.8 Å². The summed E-state index contributed by atoms with van der Waals surface area (Å²) in [6.45, 7) is 3.73. The van der Waals surface area contributed by atoms with Crippen molar-refractivity contribution in [2.45, 2.75) is 18.7 Å². The van der Waals surface area contributed by atoms with Gasteiger partial charge in [-0.15, -0.1) is 0 Å². The second-order valence-corrected chi connectivity index (χ2v) is 6.95. The van der Waals surface area contributed by atoms with E-state index in [1.165, 1.54) is 0 Å². The summed E-state index contributed by atoms with van der Waals surface area (Å²) < 4.78 is 28.1. The average molecular weight is 340 g/mol. The monoisotopic (exact) mass is 339 g/mol. The van der Waals surface area contributed by atoms with Gasteiger partial charge in [-0.2, -0.15) is 0 Å². The van der Waals surface area contributed by atoms with Gasteiger partial charge in [0, 0.05) is 10.2 Å². The van der Waals surface area contributed by atoms with Crippen LogP contribution in [0.3, 0.4) is 0 Å². The Balaban J connectivity index is 2.35. The Kier molecular flexibility index (Phi) is 3.96. The minimum Gasteiger partial charge on any atom is -0.280 e. The normalized spacial score (nSPS) is 11.3. The third-order valence-corrected chi connectivity index (χ3v) is 4.79. The maximum atomic E-state index is 12.3. The SMILES string of the molecule is Cc1ccc(S(=O)(=O)Nc2ccc(Br)cc2)c(C)c1. The highest BCUT2D eigenvalue weighted by Gasteiger charge is 2.16. The van der Waals surface area contributed by atoms with Gasteiger partial charge < -0.3 is 0 Å². The molecular weight excluding hydrogens is 326 g/mol. The first-order chi connectivity index (χ1) is 8.88. The number of anilines is 1. The summed E-state index contributed by atoms with van der Waals surface area (Å²) in [6, 6.07) is 12.3. The molecule has 1 N–H and O–H groups in total. The Morgan fingerprint density at radius 3 is 2.21 bits per heavy atom. The van der Waals surface area contributed by atoms with Crippen molar-refractivity contribution in [1.29, 1.82) is 0 Å². The summed E-state index contributed by atoms with van der Waals surface area (Å²) in [7, 11) is -3.54. The molecule has 0 aliphatic rings. The third-order valence-electron chi connectivity index (χ3n) is 2.72. The topological polar surface area (TPSA) is 46.2 Å². The van der Waals surface area contributed by atoms with Crippen LogP contribution >= 0.6 is 15.9 Å². The first-order valence-electron chi connectivity index (χ1n) is 5.74. The Bertz CT molecular complexity index is 694. The van der Waals surface area contributed by atoms with Crippen molar-refractivity contribution in [3.8, 4) is 0 Å². The van der Waals surface area contributed by atoms with Crippen molar-refractivity contribution in [3.05, 3.63) is 58.1 Å². The van der Waals surface area contributed by atoms with E-state index in [1.807, 2.05) is 13.0 Å². The molecule has 0 amide bonds. The van der Waals surface area contributed by atoms with Gasteiger partial charge in [0.25, 0.3) is 10.0 Å². The van der Waals surface area contributed by atoms with Crippen LogP contribution in [0.2, 0.25) is 0 Å². The van der Waals surface area contributed by atoms with Gasteiger partial charge >= 0.3 is 0 Å². The van der Waals surface area contributed by atoms with Gasteiger partial charge in [0.15, 0.2) is 0 Å². The summed E-state index contributed by atoms with van der Waals surface area (Å²) in [5.41, 5.74) is 2.33. The zero-order valence-electron chi connectivity index (χ0n) is 10.6. The maximum Gasteiger partial charge on any atom is 0.262 e. The molecule has 0 heterocycles. The van der Waals surface area contributed by atoms with Gasteiger partial charge in [-0.3, -0.25) is 4.72 Å². The highest BCUT2D eigenvalue weighted by molar-refractivity contribution is 9.10. The van der Waals surface area contributed by atoms with E-state index in [1.54, 1.807) is 43.3 Å². The van der Waals surface area contributed by atoms with Crippen LogP contribution < -0.4 is 4.72 Å². The zero-order valence-corrected chi connectivity index (χ0v) is 13.0. The molecule has 2 rings (SSSR count). The largest absolute Gasteiger partial charge is 0.280 e. The van der Waals surface area contributed by atoms with E-state index in [0.29, 0.717) is 10.6 Å². The smallest absolute Gasteiger partial charge is 0.262 e. The van der Waals surface area contributed by atoms with Gasteiger partial charge in [0.05, 0.1) is 4.90 Å². The Hall–Kier alpha value is -1.33. The summed E-state index contributed by atoms with van der Waals surface area (Å²) >= 11 is 3.31. The lowest BCUT2D eigenvalue weighted by atomic mass is 10.2. The summed E-state index contributed by atoms with van der Waals surface area (Å²) in [5, 5.41) is 0. The molecule has 0 atom stereocenters. The van der Waals surface area contributed by atoms with E-state index in [4.69, 9.17) is 0 Å². The molecule has 100 valence electrons. The molecule has 0 radical (unpaired) electrons. The van der Waals surface area contributed by atoms with E-state index in [0.717, 1.165) is 15.6 Å². The molecule has 0 aromatic heterocycles. The first-order valence-corrected chi connectivity index (χ1v) is 8.02. The average Bonchev–Trinajstić information content (AvgIpc) is 2.31. The quantitative estimate of drug-likeness (QED) is 0.922. The molecule has 5 heteroatoms. The molecule has 2 aromatic carbocycles. The standard InChI is InChI=1S/C14H14BrNO2S/c1-10-3-8-14(11(2)9-10)19(17,18)16-13-6-4-12(15)5-7-13/h3-9,16H,1-2H3. The second-order valence-electron chi connectivity index (χ2n) is 4.38. The molecule has 0 saturated carbocycles. The molecule has 0 aliphatic carbocycles. The van der Waals surface area contributed by atoms with Crippen LogP contribution in [0.4, 0.5) is 5.69 Å². The summed E-state index contributed by atoms with van der Waals surface area (Å²) in [6.07, 6.45) is 0. The number of hydrogen-bond acceptors (Lipinski definition) is 2. The van der Waals surface area contributed by atoms with E-state index in [9.17, 15) is 8.42 Å². The Morgan fingerprint density at radius 2 is 1.63 bits per heavy atom. The fourth-order valence-electron chi connectivity index (χ4n) is 1.83. The fourth-order valence-corrected chi connectivity index (χ4v) is 3.38. The number of hydrogen-bond donors (Lipinski definition) is 1. The molecule has 0 aliphatic heterocycles. The summed E-state index contributed by atoms with van der Waals surface area (Å²) in [5.74, 6) is 0. The third kappa shape index (κ3) is 3.36. The van der Waals surface area contributed by atoms with Crippen LogP contribution in [0.25, 0.3) is 0 Å². The van der Waals surface area contributed by atoms with Crippen LogP contribution in [0, 0.1) is 13.8 Å². The molecule has 0 spiro atoms. The molecule has 2 aromatic rings. The maximum absolute atomic E-state index is 12.3. The number of benzene rings is 2. The number of nitrogens with one attached hydrogen (secondary N) is 1. The number of rotatable bonds is 3. The lowest BCUT2D eigenvalue weighted by Gasteiger charge is -2.11. The molecule has 19 heavy (non-hydrogen) atoms. The van der Waals surface area contributed by atoms with Crippen molar-refractivity contribution in [1.82, 2.24) is 0 Å². The van der Waals surface area contributed by atoms with Crippen LogP contribution in [-0.2, 0) is 10.0 Å². The molecule has 3 nitrogen and oxygen atoms in total. The fraction of sp³-hybridized carbons (Fsp3) is 0.143. The second kappa shape index (κ2) is 5.35. The van der Waals surface area contributed by atoms with Crippen LogP contribution in [-0.4, -0.2) is 8.42 Å². The van der Waals surface area contributed by atoms with Gasteiger partial charge in [-0.25, -0.2) is 8.42 Å². The highest BCUT2D eigenvalue weighted by Crippen LogP contribution is 2.21. The molecule has 0 saturated heterocycles. The van der Waals surface area contributed by atoms with E-state index < -0.39 is 10.0 Å². The number of halogens is 1. The first kappa shape index (κ1) is 14.1. The predicted molar refractivity (Wildman–Crippen MR) is 80.9 cm³/mol.